The molecule has 0 radical (unpaired) electrons. The number of hydrogen-bond donors (Lipinski definition) is 2. The Bertz CT molecular complexity index is 775. The molecule has 0 spiro atoms. The quantitative estimate of drug-likeness (QED) is 0.600. The third-order valence-corrected chi connectivity index (χ3v) is 4.73. The van der Waals surface area contributed by atoms with E-state index in [0.29, 0.717) is 16.5 Å². The highest BCUT2D eigenvalue weighted by Crippen LogP contribution is 2.21. The van der Waals surface area contributed by atoms with Crippen LogP contribution in [0.1, 0.15) is 19.8 Å². The number of nitrogens with one attached hydrogen (secondary N) is 2. The maximum Gasteiger partial charge on any atom is 0.234 e. The van der Waals surface area contributed by atoms with Crippen LogP contribution < -0.4 is 15.5 Å². The van der Waals surface area contributed by atoms with Gasteiger partial charge in [-0.2, -0.15) is 0 Å². The van der Waals surface area contributed by atoms with Crippen LogP contribution in [0, 0.1) is 0 Å². The Morgan fingerprint density at radius 1 is 1.08 bits per heavy atom. The van der Waals surface area contributed by atoms with E-state index in [2.05, 4.69) is 25.5 Å². The third kappa shape index (κ3) is 5.19. The SMILES string of the molecule is CC(=O)Nc1ccc(NC(=O)CSc2nccc(N3CCCC3)n2)cc1. The molecular weight excluding hydrogens is 350 g/mol. The summed E-state index contributed by atoms with van der Waals surface area (Å²) in [7, 11) is 0. The number of hydrogen-bond acceptors (Lipinski definition) is 6. The van der Waals surface area contributed by atoms with E-state index in [1.165, 1.54) is 31.5 Å². The zero-order chi connectivity index (χ0) is 18.4. The molecule has 136 valence electrons. The van der Waals surface area contributed by atoms with Crippen molar-refractivity contribution in [2.45, 2.75) is 24.9 Å². The highest BCUT2D eigenvalue weighted by Gasteiger charge is 2.14. The van der Waals surface area contributed by atoms with E-state index in [1.807, 2.05) is 6.07 Å². The van der Waals surface area contributed by atoms with Crippen LogP contribution in [0.2, 0.25) is 0 Å². The van der Waals surface area contributed by atoms with Gasteiger partial charge in [0, 0.05) is 37.6 Å². The topological polar surface area (TPSA) is 87.2 Å². The molecule has 26 heavy (non-hydrogen) atoms. The minimum absolute atomic E-state index is 0.127. The van der Waals surface area contributed by atoms with Crippen LogP contribution in [0.4, 0.5) is 17.2 Å². The predicted molar refractivity (Wildman–Crippen MR) is 104 cm³/mol. The van der Waals surface area contributed by atoms with E-state index < -0.39 is 0 Å². The maximum absolute atomic E-state index is 12.1. The van der Waals surface area contributed by atoms with Crippen molar-refractivity contribution in [2.24, 2.45) is 0 Å². The predicted octanol–water partition coefficient (Wildman–Crippen LogP) is 2.77. The third-order valence-electron chi connectivity index (χ3n) is 3.87. The number of thioether (sulfide) groups is 1. The molecule has 2 heterocycles. The Morgan fingerprint density at radius 2 is 1.73 bits per heavy atom. The summed E-state index contributed by atoms with van der Waals surface area (Å²) < 4.78 is 0. The van der Waals surface area contributed by atoms with Gasteiger partial charge in [-0.1, -0.05) is 11.8 Å². The Morgan fingerprint density at radius 3 is 2.38 bits per heavy atom. The second-order valence-corrected chi connectivity index (χ2v) is 6.93. The molecule has 0 saturated carbocycles. The summed E-state index contributed by atoms with van der Waals surface area (Å²) in [6.07, 6.45) is 4.12. The van der Waals surface area contributed by atoms with Crippen molar-refractivity contribution in [1.82, 2.24) is 9.97 Å². The Kier molecular flexibility index (Phi) is 6.06. The normalized spacial score (nSPS) is 13.5. The summed E-state index contributed by atoms with van der Waals surface area (Å²) in [6, 6.07) is 8.89. The molecule has 0 unspecified atom stereocenters. The monoisotopic (exact) mass is 371 g/mol. The minimum atomic E-state index is -0.130. The van der Waals surface area contributed by atoms with Crippen LogP contribution in [0.15, 0.2) is 41.7 Å². The average molecular weight is 371 g/mol. The number of nitrogens with zero attached hydrogens (tertiary/aromatic N) is 3. The molecule has 2 N–H and O–H groups in total. The van der Waals surface area contributed by atoms with Crippen molar-refractivity contribution < 1.29 is 9.59 Å². The fourth-order valence-corrected chi connectivity index (χ4v) is 3.32. The van der Waals surface area contributed by atoms with Gasteiger partial charge in [0.15, 0.2) is 5.16 Å². The van der Waals surface area contributed by atoms with Crippen molar-refractivity contribution in [1.29, 1.82) is 0 Å². The van der Waals surface area contributed by atoms with E-state index >= 15 is 0 Å². The molecule has 0 aliphatic carbocycles. The smallest absolute Gasteiger partial charge is 0.234 e. The lowest BCUT2D eigenvalue weighted by atomic mass is 10.3. The molecule has 2 aromatic rings. The summed E-state index contributed by atoms with van der Waals surface area (Å²) in [4.78, 5) is 34.1. The number of amides is 2. The highest BCUT2D eigenvalue weighted by molar-refractivity contribution is 7.99. The van der Waals surface area contributed by atoms with Crippen LogP contribution >= 0.6 is 11.8 Å². The van der Waals surface area contributed by atoms with Gasteiger partial charge in [0.1, 0.15) is 5.82 Å². The van der Waals surface area contributed by atoms with Gasteiger partial charge in [0.05, 0.1) is 5.75 Å². The zero-order valence-electron chi connectivity index (χ0n) is 14.6. The molecule has 1 aliphatic rings. The summed E-state index contributed by atoms with van der Waals surface area (Å²) in [6.45, 7) is 3.50. The average Bonchev–Trinajstić information content (AvgIpc) is 3.16. The number of anilines is 3. The van der Waals surface area contributed by atoms with Gasteiger partial charge in [-0.15, -0.1) is 0 Å². The van der Waals surface area contributed by atoms with E-state index in [-0.39, 0.29) is 17.6 Å². The first-order valence-corrected chi connectivity index (χ1v) is 9.47. The second kappa shape index (κ2) is 8.66. The maximum atomic E-state index is 12.1. The molecular formula is C18H21N5O2S. The molecule has 2 amide bonds. The molecule has 1 aliphatic heterocycles. The van der Waals surface area contributed by atoms with Crippen molar-refractivity contribution >= 4 is 40.8 Å². The molecule has 8 heteroatoms. The number of rotatable bonds is 6. The molecule has 3 rings (SSSR count). The number of carbonyl (C=O) groups excluding carboxylic acids is 2. The van der Waals surface area contributed by atoms with Gasteiger partial charge in [-0.05, 0) is 43.2 Å². The lowest BCUT2D eigenvalue weighted by Gasteiger charge is -2.16. The summed E-state index contributed by atoms with van der Waals surface area (Å²) in [5.41, 5.74) is 1.37. The second-order valence-electron chi connectivity index (χ2n) is 5.99. The van der Waals surface area contributed by atoms with Crippen molar-refractivity contribution in [3.05, 3.63) is 36.5 Å². The molecule has 0 atom stereocenters. The number of carbonyl (C=O) groups is 2. The zero-order valence-corrected chi connectivity index (χ0v) is 15.4. The minimum Gasteiger partial charge on any atom is -0.356 e. The first kappa shape index (κ1) is 18.2. The molecule has 0 bridgehead atoms. The molecule has 1 saturated heterocycles. The van der Waals surface area contributed by atoms with E-state index in [0.717, 1.165) is 18.9 Å². The first-order valence-electron chi connectivity index (χ1n) is 8.48. The van der Waals surface area contributed by atoms with Crippen LogP contribution in [0.5, 0.6) is 0 Å². The Balaban J connectivity index is 1.51. The van der Waals surface area contributed by atoms with Gasteiger partial charge in [0.25, 0.3) is 0 Å². The van der Waals surface area contributed by atoms with Crippen LogP contribution in [-0.2, 0) is 9.59 Å². The lowest BCUT2D eigenvalue weighted by molar-refractivity contribution is -0.114. The number of aromatic nitrogens is 2. The Hall–Kier alpha value is -2.61. The van der Waals surface area contributed by atoms with Crippen molar-refractivity contribution in [2.75, 3.05) is 34.4 Å². The van der Waals surface area contributed by atoms with Gasteiger partial charge < -0.3 is 15.5 Å². The van der Waals surface area contributed by atoms with E-state index in [9.17, 15) is 9.59 Å². The van der Waals surface area contributed by atoms with Crippen LogP contribution in [0.25, 0.3) is 0 Å². The first-order chi connectivity index (χ1) is 12.6. The summed E-state index contributed by atoms with van der Waals surface area (Å²) in [5.74, 6) is 0.900. The largest absolute Gasteiger partial charge is 0.356 e. The molecule has 7 nitrogen and oxygen atoms in total. The van der Waals surface area contributed by atoms with Crippen molar-refractivity contribution in [3.8, 4) is 0 Å². The fourth-order valence-electron chi connectivity index (χ4n) is 2.69. The van der Waals surface area contributed by atoms with Gasteiger partial charge >= 0.3 is 0 Å². The highest BCUT2D eigenvalue weighted by atomic mass is 32.2. The summed E-state index contributed by atoms with van der Waals surface area (Å²) >= 11 is 1.31. The molecule has 1 aromatic carbocycles. The standard InChI is InChI=1S/C18H21N5O2S/c1-13(24)20-14-4-6-15(7-5-14)21-17(25)12-26-18-19-9-8-16(22-18)23-10-2-3-11-23/h4-9H,2-3,10-12H2,1H3,(H,20,24)(H,21,25). The van der Waals surface area contributed by atoms with Crippen LogP contribution in [-0.4, -0.2) is 40.6 Å². The van der Waals surface area contributed by atoms with Gasteiger partial charge in [0.2, 0.25) is 11.8 Å². The Labute approximate surface area is 156 Å². The van der Waals surface area contributed by atoms with Gasteiger partial charge in [-0.3, -0.25) is 9.59 Å². The van der Waals surface area contributed by atoms with E-state index in [1.54, 1.807) is 30.5 Å². The fraction of sp³-hybridized carbons (Fsp3) is 0.333. The summed E-state index contributed by atoms with van der Waals surface area (Å²) in [5, 5.41) is 6.11. The van der Waals surface area contributed by atoms with Crippen LogP contribution in [0.3, 0.4) is 0 Å². The van der Waals surface area contributed by atoms with Crippen molar-refractivity contribution in [3.63, 3.8) is 0 Å². The molecule has 1 fully saturated rings. The number of benzene rings is 1. The van der Waals surface area contributed by atoms with E-state index in [4.69, 9.17) is 0 Å². The molecule has 1 aromatic heterocycles. The lowest BCUT2D eigenvalue weighted by Crippen LogP contribution is -2.19. The van der Waals surface area contributed by atoms with Gasteiger partial charge in [-0.25, -0.2) is 9.97 Å².